The van der Waals surface area contributed by atoms with Crippen molar-refractivity contribution in [3.05, 3.63) is 58.2 Å². The van der Waals surface area contributed by atoms with E-state index in [0.29, 0.717) is 17.2 Å². The quantitative estimate of drug-likeness (QED) is 0.755. The van der Waals surface area contributed by atoms with Crippen molar-refractivity contribution in [2.45, 2.75) is 6.54 Å². The van der Waals surface area contributed by atoms with E-state index in [1.54, 1.807) is 5.38 Å². The summed E-state index contributed by atoms with van der Waals surface area (Å²) in [6.45, 7) is 0.354. The molecule has 0 saturated carbocycles. The number of benzene rings is 1. The lowest BCUT2D eigenvalue weighted by atomic mass is 10.2. The largest absolute Gasteiger partial charge is 0.345 e. The number of para-hydroxylation sites is 1. The van der Waals surface area contributed by atoms with Crippen molar-refractivity contribution >= 4 is 28.1 Å². The van der Waals surface area contributed by atoms with E-state index in [1.807, 2.05) is 36.4 Å². The van der Waals surface area contributed by atoms with Gasteiger partial charge in [-0.2, -0.15) is 0 Å². The van der Waals surface area contributed by atoms with Crippen molar-refractivity contribution < 1.29 is 4.79 Å². The van der Waals surface area contributed by atoms with Gasteiger partial charge in [0.05, 0.1) is 17.8 Å². The first-order chi connectivity index (χ1) is 10.3. The van der Waals surface area contributed by atoms with Crippen LogP contribution in [0.2, 0.25) is 0 Å². The van der Waals surface area contributed by atoms with Crippen LogP contribution in [0.1, 0.15) is 21.2 Å². The second kappa shape index (κ2) is 5.73. The Balaban J connectivity index is 1.71. The molecule has 0 unspecified atom stereocenters. The van der Waals surface area contributed by atoms with Gasteiger partial charge in [-0.15, -0.1) is 17.8 Å². The van der Waals surface area contributed by atoms with Crippen LogP contribution in [0.4, 0.5) is 0 Å². The summed E-state index contributed by atoms with van der Waals surface area (Å²) in [6, 6.07) is 11.7. The number of pyridine rings is 1. The van der Waals surface area contributed by atoms with Crippen molar-refractivity contribution in [2.75, 3.05) is 0 Å². The van der Waals surface area contributed by atoms with Crippen molar-refractivity contribution in [3.63, 3.8) is 0 Å². The van der Waals surface area contributed by atoms with E-state index in [2.05, 4.69) is 21.2 Å². The number of aromatic nitrogens is 2. The number of amides is 1. The fraction of sp³-hybridized carbons (Fsp3) is 0.0625. The molecule has 21 heavy (non-hydrogen) atoms. The van der Waals surface area contributed by atoms with Crippen molar-refractivity contribution in [2.24, 2.45) is 0 Å². The number of terminal acetylenes is 1. The normalized spacial score (nSPS) is 10.2. The highest BCUT2D eigenvalue weighted by Gasteiger charge is 2.09. The molecule has 0 radical (unpaired) electrons. The van der Waals surface area contributed by atoms with Gasteiger partial charge in [-0.25, -0.2) is 4.98 Å². The standard InChI is InChI=1S/C16H11N3OS/c1-2-15-19-14(10-21-15)16(20)17-9-12-8-7-11-5-3-4-6-13(11)18-12/h1,3-8,10H,9H2,(H,17,20). The zero-order chi connectivity index (χ0) is 14.7. The molecule has 2 heterocycles. The minimum atomic E-state index is -0.247. The first-order valence-corrected chi connectivity index (χ1v) is 7.19. The molecule has 1 N–H and O–H groups in total. The van der Waals surface area contributed by atoms with Crippen LogP contribution in [0.5, 0.6) is 0 Å². The highest BCUT2D eigenvalue weighted by atomic mass is 32.1. The van der Waals surface area contributed by atoms with Crippen LogP contribution < -0.4 is 5.32 Å². The maximum atomic E-state index is 11.9. The number of hydrogen-bond acceptors (Lipinski definition) is 4. The van der Waals surface area contributed by atoms with Gasteiger partial charge in [0.15, 0.2) is 5.01 Å². The molecule has 0 aliphatic heterocycles. The SMILES string of the molecule is C#Cc1nc(C(=O)NCc2ccc3ccccc3n2)cs1. The molecule has 2 aromatic heterocycles. The molecule has 5 heteroatoms. The summed E-state index contributed by atoms with van der Waals surface area (Å²) < 4.78 is 0. The molecule has 4 nitrogen and oxygen atoms in total. The maximum Gasteiger partial charge on any atom is 0.271 e. The molecule has 0 spiro atoms. The van der Waals surface area contributed by atoms with Crippen LogP contribution >= 0.6 is 11.3 Å². The molecule has 0 saturated heterocycles. The third kappa shape index (κ3) is 2.91. The van der Waals surface area contributed by atoms with Gasteiger partial charge in [0.2, 0.25) is 0 Å². The van der Waals surface area contributed by atoms with Gasteiger partial charge < -0.3 is 5.32 Å². The predicted molar refractivity (Wildman–Crippen MR) is 83.0 cm³/mol. The van der Waals surface area contributed by atoms with E-state index in [0.717, 1.165) is 16.6 Å². The Morgan fingerprint density at radius 1 is 1.24 bits per heavy atom. The number of hydrogen-bond donors (Lipinski definition) is 1. The number of rotatable bonds is 3. The average Bonchev–Trinajstić information content (AvgIpc) is 3.01. The predicted octanol–water partition coefficient (Wildman–Crippen LogP) is 2.60. The summed E-state index contributed by atoms with van der Waals surface area (Å²) >= 11 is 1.28. The first-order valence-electron chi connectivity index (χ1n) is 6.31. The number of fused-ring (bicyclic) bond motifs is 1. The fourth-order valence-electron chi connectivity index (χ4n) is 1.91. The second-order valence-electron chi connectivity index (χ2n) is 4.36. The van der Waals surface area contributed by atoms with Crippen molar-refractivity contribution in [3.8, 4) is 12.3 Å². The lowest BCUT2D eigenvalue weighted by Gasteiger charge is -2.04. The summed E-state index contributed by atoms with van der Waals surface area (Å²) in [7, 11) is 0. The molecular weight excluding hydrogens is 282 g/mol. The molecular formula is C16H11N3OS. The topological polar surface area (TPSA) is 54.9 Å². The van der Waals surface area contributed by atoms with Gasteiger partial charge in [0, 0.05) is 10.8 Å². The van der Waals surface area contributed by atoms with E-state index in [-0.39, 0.29) is 5.91 Å². The van der Waals surface area contributed by atoms with Crippen LogP contribution in [-0.4, -0.2) is 15.9 Å². The second-order valence-corrected chi connectivity index (χ2v) is 5.22. The summed E-state index contributed by atoms with van der Waals surface area (Å²) in [4.78, 5) is 20.5. The van der Waals surface area contributed by atoms with Crippen molar-refractivity contribution in [1.82, 2.24) is 15.3 Å². The lowest BCUT2D eigenvalue weighted by Crippen LogP contribution is -2.23. The summed E-state index contributed by atoms with van der Waals surface area (Å²) in [5.41, 5.74) is 2.05. The number of nitrogens with one attached hydrogen (secondary N) is 1. The Morgan fingerprint density at radius 2 is 2.10 bits per heavy atom. The lowest BCUT2D eigenvalue weighted by molar-refractivity contribution is 0.0946. The maximum absolute atomic E-state index is 11.9. The first kappa shape index (κ1) is 13.3. The van der Waals surface area contributed by atoms with Gasteiger partial charge in [-0.1, -0.05) is 24.3 Å². The molecule has 3 rings (SSSR count). The van der Waals surface area contributed by atoms with Crippen LogP contribution in [0.25, 0.3) is 10.9 Å². The van der Waals surface area contributed by atoms with Gasteiger partial charge >= 0.3 is 0 Å². The fourth-order valence-corrected chi connectivity index (χ4v) is 2.51. The Hall–Kier alpha value is -2.71. The minimum absolute atomic E-state index is 0.247. The van der Waals surface area contributed by atoms with Crippen LogP contribution in [0, 0.1) is 12.3 Å². The number of nitrogens with zero attached hydrogens (tertiary/aromatic N) is 2. The molecule has 0 aliphatic rings. The van der Waals surface area contributed by atoms with E-state index < -0.39 is 0 Å². The van der Waals surface area contributed by atoms with Gasteiger partial charge in [0.1, 0.15) is 5.69 Å². The molecule has 1 amide bonds. The van der Waals surface area contributed by atoms with Crippen LogP contribution in [0.15, 0.2) is 41.8 Å². The summed E-state index contributed by atoms with van der Waals surface area (Å²) in [5.74, 6) is 2.16. The third-order valence-corrected chi connectivity index (χ3v) is 3.72. The van der Waals surface area contributed by atoms with Crippen molar-refractivity contribution in [1.29, 1.82) is 0 Å². The van der Waals surface area contributed by atoms with E-state index in [1.165, 1.54) is 11.3 Å². The van der Waals surface area contributed by atoms with Gasteiger partial charge in [-0.3, -0.25) is 9.78 Å². The monoisotopic (exact) mass is 293 g/mol. The Bertz CT molecular complexity index is 848. The number of carbonyl (C=O) groups is 1. The molecule has 0 atom stereocenters. The molecule has 102 valence electrons. The highest BCUT2D eigenvalue weighted by molar-refractivity contribution is 7.10. The Kier molecular flexibility index (Phi) is 3.63. The molecule has 0 bridgehead atoms. The highest BCUT2D eigenvalue weighted by Crippen LogP contribution is 2.12. The van der Waals surface area contributed by atoms with Crippen LogP contribution in [-0.2, 0) is 6.54 Å². The third-order valence-electron chi connectivity index (χ3n) is 2.95. The van der Waals surface area contributed by atoms with Gasteiger partial charge in [0.25, 0.3) is 5.91 Å². The molecule has 3 aromatic rings. The zero-order valence-corrected chi connectivity index (χ0v) is 11.9. The Labute approximate surface area is 125 Å². The smallest absolute Gasteiger partial charge is 0.271 e. The van der Waals surface area contributed by atoms with E-state index >= 15 is 0 Å². The summed E-state index contributed by atoms with van der Waals surface area (Å²) in [5, 5.41) is 6.02. The minimum Gasteiger partial charge on any atom is -0.345 e. The average molecular weight is 293 g/mol. The molecule has 0 aliphatic carbocycles. The van der Waals surface area contributed by atoms with Gasteiger partial charge in [-0.05, 0) is 18.1 Å². The number of thiazole rings is 1. The molecule has 1 aromatic carbocycles. The summed E-state index contributed by atoms with van der Waals surface area (Å²) in [6.07, 6.45) is 5.24. The van der Waals surface area contributed by atoms with E-state index in [4.69, 9.17) is 6.42 Å². The van der Waals surface area contributed by atoms with Crippen LogP contribution in [0.3, 0.4) is 0 Å². The number of carbonyl (C=O) groups excluding carboxylic acids is 1. The van der Waals surface area contributed by atoms with E-state index in [9.17, 15) is 4.79 Å². The molecule has 0 fully saturated rings. The Morgan fingerprint density at radius 3 is 2.90 bits per heavy atom. The zero-order valence-electron chi connectivity index (χ0n) is 11.0.